The molecule has 0 fully saturated rings. The molecule has 1 atom stereocenters. The second-order valence-corrected chi connectivity index (χ2v) is 5.20. The van der Waals surface area contributed by atoms with E-state index in [1.807, 2.05) is 11.3 Å². The van der Waals surface area contributed by atoms with E-state index in [1.54, 1.807) is 0 Å². The Hall–Kier alpha value is -0.380. The van der Waals surface area contributed by atoms with Gasteiger partial charge in [-0.25, -0.2) is 0 Å². The number of aryl methyl sites for hydroxylation is 1. The number of hydrogen-bond acceptors (Lipinski definition) is 3. The Morgan fingerprint density at radius 3 is 3.00 bits per heavy atom. The first-order valence-corrected chi connectivity index (χ1v) is 5.94. The number of likely N-dealkylation sites (N-methyl/N-ethyl adjacent to an activating group) is 1. The van der Waals surface area contributed by atoms with Crippen molar-refractivity contribution in [2.24, 2.45) is 0 Å². The molecule has 1 unspecified atom stereocenters. The van der Waals surface area contributed by atoms with Crippen LogP contribution in [0.3, 0.4) is 0 Å². The number of nitrogens with zero attached hydrogens (tertiary/aromatic N) is 1. The minimum absolute atomic E-state index is 0.117. The standard InChI is InChI=1S/C11H17NOS/c1-12(2)11(8-13)6-3-4-10-9(11)5-7-14-10/h5,7,13H,3-4,6,8H2,1-2H3. The van der Waals surface area contributed by atoms with Crippen molar-refractivity contribution >= 4 is 11.3 Å². The maximum absolute atomic E-state index is 9.64. The van der Waals surface area contributed by atoms with Crippen LogP contribution in [0.4, 0.5) is 0 Å². The van der Waals surface area contributed by atoms with Gasteiger partial charge in [0.1, 0.15) is 0 Å². The van der Waals surface area contributed by atoms with Gasteiger partial charge in [-0.3, -0.25) is 4.90 Å². The largest absolute Gasteiger partial charge is 0.394 e. The third-order valence-electron chi connectivity index (χ3n) is 3.36. The Kier molecular flexibility index (Phi) is 2.64. The zero-order chi connectivity index (χ0) is 10.2. The molecule has 0 bridgehead atoms. The average Bonchev–Trinajstić information content (AvgIpc) is 2.64. The van der Waals surface area contributed by atoms with Gasteiger partial charge in [0, 0.05) is 4.88 Å². The first-order chi connectivity index (χ1) is 6.70. The summed E-state index contributed by atoms with van der Waals surface area (Å²) >= 11 is 1.82. The summed E-state index contributed by atoms with van der Waals surface area (Å²) in [5.74, 6) is 0. The fraction of sp³-hybridized carbons (Fsp3) is 0.636. The van der Waals surface area contributed by atoms with Crippen molar-refractivity contribution in [1.82, 2.24) is 4.90 Å². The van der Waals surface area contributed by atoms with E-state index in [2.05, 4.69) is 30.4 Å². The second kappa shape index (κ2) is 3.65. The molecule has 2 rings (SSSR count). The summed E-state index contributed by atoms with van der Waals surface area (Å²) in [6, 6.07) is 2.18. The number of fused-ring (bicyclic) bond motifs is 1. The number of aliphatic hydroxyl groups excluding tert-OH is 1. The zero-order valence-corrected chi connectivity index (χ0v) is 9.60. The number of thiophene rings is 1. The molecule has 1 heterocycles. The van der Waals surface area contributed by atoms with Gasteiger partial charge in [0.15, 0.2) is 0 Å². The highest BCUT2D eigenvalue weighted by atomic mass is 32.1. The molecule has 1 aromatic heterocycles. The summed E-state index contributed by atoms with van der Waals surface area (Å²) in [6.45, 7) is 0.226. The third-order valence-corrected chi connectivity index (χ3v) is 4.34. The van der Waals surface area contributed by atoms with Gasteiger partial charge in [0.2, 0.25) is 0 Å². The monoisotopic (exact) mass is 211 g/mol. The molecule has 1 aliphatic carbocycles. The van der Waals surface area contributed by atoms with Crippen LogP contribution in [0.25, 0.3) is 0 Å². The van der Waals surface area contributed by atoms with Crippen LogP contribution in [-0.4, -0.2) is 30.7 Å². The van der Waals surface area contributed by atoms with Gasteiger partial charge in [-0.1, -0.05) is 0 Å². The predicted octanol–water partition coefficient (Wildman–Crippen LogP) is 1.83. The quantitative estimate of drug-likeness (QED) is 0.807. The van der Waals surface area contributed by atoms with E-state index >= 15 is 0 Å². The Balaban J connectivity index is 2.47. The van der Waals surface area contributed by atoms with Crippen LogP contribution in [0.5, 0.6) is 0 Å². The first-order valence-electron chi connectivity index (χ1n) is 5.06. The average molecular weight is 211 g/mol. The molecule has 0 aromatic carbocycles. The predicted molar refractivity (Wildman–Crippen MR) is 59.7 cm³/mol. The Morgan fingerprint density at radius 2 is 2.36 bits per heavy atom. The molecular weight excluding hydrogens is 194 g/mol. The van der Waals surface area contributed by atoms with Crippen LogP contribution in [0.15, 0.2) is 11.4 Å². The summed E-state index contributed by atoms with van der Waals surface area (Å²) in [5.41, 5.74) is 1.23. The molecule has 3 heteroatoms. The molecule has 0 saturated carbocycles. The van der Waals surface area contributed by atoms with Crippen LogP contribution >= 0.6 is 11.3 Å². The lowest BCUT2D eigenvalue weighted by Gasteiger charge is -2.41. The highest BCUT2D eigenvalue weighted by Gasteiger charge is 2.38. The zero-order valence-electron chi connectivity index (χ0n) is 8.79. The Bertz CT molecular complexity index is 321. The van der Waals surface area contributed by atoms with Crippen LogP contribution in [-0.2, 0) is 12.0 Å². The highest BCUT2D eigenvalue weighted by Crippen LogP contribution is 2.40. The summed E-state index contributed by atoms with van der Waals surface area (Å²) in [5, 5.41) is 11.8. The topological polar surface area (TPSA) is 23.5 Å². The lowest BCUT2D eigenvalue weighted by Crippen LogP contribution is -2.46. The lowest BCUT2D eigenvalue weighted by molar-refractivity contribution is 0.0509. The van der Waals surface area contributed by atoms with Gasteiger partial charge in [-0.05, 0) is 50.4 Å². The Labute approximate surface area is 89.2 Å². The van der Waals surface area contributed by atoms with E-state index in [1.165, 1.54) is 23.3 Å². The molecule has 1 N–H and O–H groups in total. The van der Waals surface area contributed by atoms with E-state index in [0.29, 0.717) is 0 Å². The van der Waals surface area contributed by atoms with Crippen molar-refractivity contribution in [2.75, 3.05) is 20.7 Å². The van der Waals surface area contributed by atoms with Gasteiger partial charge in [0.25, 0.3) is 0 Å². The van der Waals surface area contributed by atoms with Crippen LogP contribution in [0.1, 0.15) is 23.3 Å². The smallest absolute Gasteiger partial charge is 0.0700 e. The second-order valence-electron chi connectivity index (χ2n) is 4.20. The SMILES string of the molecule is CN(C)C1(CO)CCCc2sccc21. The maximum Gasteiger partial charge on any atom is 0.0700 e. The summed E-state index contributed by atoms with van der Waals surface area (Å²) in [7, 11) is 4.12. The van der Waals surface area contributed by atoms with Crippen molar-refractivity contribution in [3.63, 3.8) is 0 Å². The number of rotatable bonds is 2. The molecule has 0 saturated heterocycles. The molecule has 0 radical (unpaired) electrons. The van der Waals surface area contributed by atoms with Crippen molar-refractivity contribution in [3.05, 3.63) is 21.9 Å². The normalized spacial score (nSPS) is 26.6. The fourth-order valence-corrected chi connectivity index (χ4v) is 3.41. The molecule has 1 aromatic rings. The fourth-order valence-electron chi connectivity index (χ4n) is 2.40. The van der Waals surface area contributed by atoms with Gasteiger partial charge in [-0.2, -0.15) is 0 Å². The van der Waals surface area contributed by atoms with E-state index in [9.17, 15) is 5.11 Å². The van der Waals surface area contributed by atoms with E-state index in [0.717, 1.165) is 6.42 Å². The minimum Gasteiger partial charge on any atom is -0.394 e. The summed E-state index contributed by atoms with van der Waals surface area (Å²) in [4.78, 5) is 3.62. The van der Waals surface area contributed by atoms with Gasteiger partial charge >= 0.3 is 0 Å². The van der Waals surface area contributed by atoms with Crippen molar-refractivity contribution < 1.29 is 5.11 Å². The molecule has 78 valence electrons. The lowest BCUT2D eigenvalue weighted by atomic mass is 9.80. The molecule has 2 nitrogen and oxygen atoms in total. The molecular formula is C11H17NOS. The highest BCUT2D eigenvalue weighted by molar-refractivity contribution is 7.10. The molecule has 14 heavy (non-hydrogen) atoms. The van der Waals surface area contributed by atoms with Crippen LogP contribution < -0.4 is 0 Å². The third kappa shape index (κ3) is 1.31. The maximum atomic E-state index is 9.64. The van der Waals surface area contributed by atoms with Crippen LogP contribution in [0, 0.1) is 0 Å². The number of aliphatic hydroxyl groups is 1. The van der Waals surface area contributed by atoms with Crippen molar-refractivity contribution in [3.8, 4) is 0 Å². The van der Waals surface area contributed by atoms with Gasteiger partial charge < -0.3 is 5.11 Å². The van der Waals surface area contributed by atoms with E-state index < -0.39 is 0 Å². The molecule has 0 spiro atoms. The van der Waals surface area contributed by atoms with Crippen molar-refractivity contribution in [1.29, 1.82) is 0 Å². The Morgan fingerprint density at radius 1 is 1.57 bits per heavy atom. The van der Waals surface area contributed by atoms with Gasteiger partial charge in [-0.15, -0.1) is 11.3 Å². The summed E-state index contributed by atoms with van der Waals surface area (Å²) < 4.78 is 0. The minimum atomic E-state index is -0.117. The summed E-state index contributed by atoms with van der Waals surface area (Å²) in [6.07, 6.45) is 3.44. The molecule has 0 amide bonds. The number of hydrogen-bond donors (Lipinski definition) is 1. The van der Waals surface area contributed by atoms with E-state index in [4.69, 9.17) is 0 Å². The van der Waals surface area contributed by atoms with Crippen molar-refractivity contribution in [2.45, 2.75) is 24.8 Å². The van der Waals surface area contributed by atoms with E-state index in [-0.39, 0.29) is 12.1 Å². The van der Waals surface area contributed by atoms with Gasteiger partial charge in [0.05, 0.1) is 12.1 Å². The molecule has 0 aliphatic heterocycles. The van der Waals surface area contributed by atoms with Crippen LogP contribution in [0.2, 0.25) is 0 Å². The first kappa shape index (κ1) is 10.1. The molecule has 1 aliphatic rings.